The van der Waals surface area contributed by atoms with Crippen molar-refractivity contribution in [2.75, 3.05) is 11.9 Å². The van der Waals surface area contributed by atoms with Crippen LogP contribution in [0.4, 0.5) is 5.82 Å². The van der Waals surface area contributed by atoms with Crippen molar-refractivity contribution in [3.8, 4) is 0 Å². The van der Waals surface area contributed by atoms with E-state index < -0.39 is 0 Å². The number of nitrogens with zero attached hydrogens (tertiary/aromatic N) is 4. The fourth-order valence-electron chi connectivity index (χ4n) is 2.80. The average Bonchev–Trinajstić information content (AvgIpc) is 3.06. The zero-order valence-electron chi connectivity index (χ0n) is 14.5. The zero-order valence-corrected chi connectivity index (χ0v) is 14.5. The Balaban J connectivity index is 1.42. The Labute approximate surface area is 145 Å². The second kappa shape index (κ2) is 7.45. The summed E-state index contributed by atoms with van der Waals surface area (Å²) in [5.74, 6) is 0.298. The molecule has 0 spiro atoms. The van der Waals surface area contributed by atoms with Crippen molar-refractivity contribution in [1.82, 2.24) is 30.5 Å². The second-order valence-corrected chi connectivity index (χ2v) is 6.43. The van der Waals surface area contributed by atoms with Gasteiger partial charge in [0.25, 0.3) is 0 Å². The normalized spacial score (nSPS) is 14.2. The van der Waals surface area contributed by atoms with Gasteiger partial charge in [0.2, 0.25) is 11.8 Å². The summed E-state index contributed by atoms with van der Waals surface area (Å²) in [5, 5.41) is 20.4. The summed E-state index contributed by atoms with van der Waals surface area (Å²) in [5.41, 5.74) is 3.10. The van der Waals surface area contributed by atoms with E-state index in [1.807, 2.05) is 13.8 Å². The van der Waals surface area contributed by atoms with Gasteiger partial charge in [0, 0.05) is 18.2 Å². The highest BCUT2D eigenvalue weighted by Crippen LogP contribution is 2.27. The van der Waals surface area contributed by atoms with E-state index in [9.17, 15) is 9.59 Å². The molecule has 3 N–H and O–H groups in total. The minimum atomic E-state index is -0.152. The van der Waals surface area contributed by atoms with Gasteiger partial charge < -0.3 is 10.6 Å². The number of nitrogens with one attached hydrogen (secondary N) is 3. The Bertz CT molecular complexity index is 741. The van der Waals surface area contributed by atoms with E-state index >= 15 is 0 Å². The molecule has 9 heteroatoms. The number of anilines is 1. The van der Waals surface area contributed by atoms with Gasteiger partial charge in [-0.1, -0.05) is 11.6 Å². The van der Waals surface area contributed by atoms with Crippen LogP contribution in [0.1, 0.15) is 36.2 Å². The first kappa shape index (κ1) is 17.1. The quantitative estimate of drug-likeness (QED) is 0.683. The molecule has 3 rings (SSSR count). The maximum absolute atomic E-state index is 12.0. The number of aryl methyl sites for hydroxylation is 2. The number of amides is 2. The molecule has 25 heavy (non-hydrogen) atoms. The Morgan fingerprint density at radius 2 is 2.16 bits per heavy atom. The van der Waals surface area contributed by atoms with E-state index in [4.69, 9.17) is 0 Å². The van der Waals surface area contributed by atoms with Crippen LogP contribution in [-0.4, -0.2) is 43.6 Å². The Hall–Kier alpha value is -2.71. The Morgan fingerprint density at radius 1 is 1.36 bits per heavy atom. The summed E-state index contributed by atoms with van der Waals surface area (Å²) < 4.78 is 1.42. The molecule has 0 aromatic carbocycles. The minimum absolute atomic E-state index is 0.0198. The van der Waals surface area contributed by atoms with E-state index in [1.54, 1.807) is 6.20 Å². The molecule has 0 unspecified atom stereocenters. The van der Waals surface area contributed by atoms with Crippen LogP contribution in [0, 0.1) is 19.8 Å². The molecule has 0 atom stereocenters. The van der Waals surface area contributed by atoms with Crippen LogP contribution in [-0.2, 0) is 22.6 Å². The highest BCUT2D eigenvalue weighted by Gasteiger charge is 2.25. The third kappa shape index (κ3) is 4.23. The maximum Gasteiger partial charge on any atom is 0.241 e. The van der Waals surface area contributed by atoms with Crippen LogP contribution in [0.2, 0.25) is 0 Å². The molecule has 1 aliphatic carbocycles. The predicted molar refractivity (Wildman–Crippen MR) is 90.8 cm³/mol. The number of H-pyrrole nitrogens is 1. The fraction of sp³-hybridized carbons (Fsp3) is 0.562. The number of hydrogen-bond donors (Lipinski definition) is 3. The smallest absolute Gasteiger partial charge is 0.241 e. The monoisotopic (exact) mass is 345 g/mol. The van der Waals surface area contributed by atoms with Gasteiger partial charge in [0.1, 0.15) is 6.54 Å². The molecule has 2 aromatic heterocycles. The molecule has 1 fully saturated rings. The van der Waals surface area contributed by atoms with E-state index in [0.29, 0.717) is 12.4 Å². The van der Waals surface area contributed by atoms with Crippen molar-refractivity contribution in [3.05, 3.63) is 23.1 Å². The number of carbonyl (C=O) groups excluding carboxylic acids is 2. The molecule has 0 aliphatic heterocycles. The van der Waals surface area contributed by atoms with E-state index in [2.05, 4.69) is 31.1 Å². The molecule has 9 nitrogen and oxygen atoms in total. The summed E-state index contributed by atoms with van der Waals surface area (Å²) in [4.78, 5) is 23.9. The van der Waals surface area contributed by atoms with Gasteiger partial charge in [-0.05, 0) is 38.7 Å². The summed E-state index contributed by atoms with van der Waals surface area (Å²) in [7, 11) is 0. The van der Waals surface area contributed by atoms with Crippen molar-refractivity contribution >= 4 is 17.6 Å². The van der Waals surface area contributed by atoms with Gasteiger partial charge >= 0.3 is 0 Å². The first-order valence-electron chi connectivity index (χ1n) is 8.51. The van der Waals surface area contributed by atoms with Crippen LogP contribution in [0.15, 0.2) is 6.20 Å². The number of hydrogen-bond acceptors (Lipinski definition) is 5. The van der Waals surface area contributed by atoms with Gasteiger partial charge in [0.05, 0.1) is 11.9 Å². The number of carbonyl (C=O) groups is 2. The van der Waals surface area contributed by atoms with Gasteiger partial charge in [-0.15, -0.1) is 5.10 Å². The first-order chi connectivity index (χ1) is 12.0. The van der Waals surface area contributed by atoms with E-state index in [-0.39, 0.29) is 24.3 Å². The minimum Gasteiger partial charge on any atom is -0.354 e. The molecule has 134 valence electrons. The Morgan fingerprint density at radius 3 is 2.80 bits per heavy atom. The standard InChI is InChI=1S/C16H23N7O2/c1-10-13(11(2)20-19-10)6-7-17-15(24)9-23-8-14(21-22-23)18-16(25)12-4-3-5-12/h8,12H,3-7,9H2,1-2H3,(H,17,24)(H,18,25)(H,19,20). The summed E-state index contributed by atoms with van der Waals surface area (Å²) in [6.07, 6.45) is 5.25. The second-order valence-electron chi connectivity index (χ2n) is 6.43. The zero-order chi connectivity index (χ0) is 17.8. The van der Waals surface area contributed by atoms with Crippen LogP contribution in [0.25, 0.3) is 0 Å². The predicted octanol–water partition coefficient (Wildman–Crippen LogP) is 0.716. The Kier molecular flexibility index (Phi) is 5.11. The van der Waals surface area contributed by atoms with Crippen LogP contribution >= 0.6 is 0 Å². The molecular weight excluding hydrogens is 322 g/mol. The number of aromatic nitrogens is 5. The highest BCUT2D eigenvalue weighted by molar-refractivity contribution is 5.92. The average molecular weight is 345 g/mol. The van der Waals surface area contributed by atoms with Crippen LogP contribution in [0.5, 0.6) is 0 Å². The lowest BCUT2D eigenvalue weighted by molar-refractivity contribution is -0.122. The molecule has 2 amide bonds. The van der Waals surface area contributed by atoms with E-state index in [1.165, 1.54) is 4.68 Å². The number of aromatic amines is 1. The van der Waals surface area contributed by atoms with Crippen molar-refractivity contribution in [3.63, 3.8) is 0 Å². The lowest BCUT2D eigenvalue weighted by atomic mass is 9.85. The van der Waals surface area contributed by atoms with Crippen LogP contribution in [0.3, 0.4) is 0 Å². The largest absolute Gasteiger partial charge is 0.354 e. The molecule has 0 saturated heterocycles. The molecule has 1 saturated carbocycles. The third-order valence-electron chi connectivity index (χ3n) is 4.55. The molecular formula is C16H23N7O2. The van der Waals surface area contributed by atoms with Crippen molar-refractivity contribution < 1.29 is 9.59 Å². The van der Waals surface area contributed by atoms with Gasteiger partial charge in [-0.3, -0.25) is 14.7 Å². The van der Waals surface area contributed by atoms with Gasteiger partial charge in [-0.2, -0.15) is 5.10 Å². The maximum atomic E-state index is 12.0. The highest BCUT2D eigenvalue weighted by atomic mass is 16.2. The molecule has 0 bridgehead atoms. The van der Waals surface area contributed by atoms with Gasteiger partial charge in [0.15, 0.2) is 5.82 Å². The fourth-order valence-corrected chi connectivity index (χ4v) is 2.80. The summed E-state index contributed by atoms with van der Waals surface area (Å²) >= 11 is 0. The van der Waals surface area contributed by atoms with Crippen molar-refractivity contribution in [2.24, 2.45) is 5.92 Å². The summed E-state index contributed by atoms with van der Waals surface area (Å²) in [6, 6.07) is 0. The van der Waals surface area contributed by atoms with Crippen molar-refractivity contribution in [2.45, 2.75) is 46.1 Å². The topological polar surface area (TPSA) is 118 Å². The van der Waals surface area contributed by atoms with E-state index in [0.717, 1.165) is 42.6 Å². The third-order valence-corrected chi connectivity index (χ3v) is 4.55. The van der Waals surface area contributed by atoms with Gasteiger partial charge in [-0.25, -0.2) is 4.68 Å². The molecule has 2 heterocycles. The van der Waals surface area contributed by atoms with Crippen molar-refractivity contribution in [1.29, 1.82) is 0 Å². The summed E-state index contributed by atoms with van der Waals surface area (Å²) in [6.45, 7) is 4.50. The molecule has 0 radical (unpaired) electrons. The lowest BCUT2D eigenvalue weighted by Gasteiger charge is -2.23. The SMILES string of the molecule is Cc1n[nH]c(C)c1CCNC(=O)Cn1cc(NC(=O)C2CCC2)nn1. The number of rotatable bonds is 7. The lowest BCUT2D eigenvalue weighted by Crippen LogP contribution is -2.29. The first-order valence-corrected chi connectivity index (χ1v) is 8.51. The van der Waals surface area contributed by atoms with Crippen LogP contribution < -0.4 is 10.6 Å². The molecule has 1 aliphatic rings. The molecule has 2 aromatic rings.